The molecule has 2 aromatic heterocycles. The largest absolute Gasteiger partial charge is 0.483 e. The summed E-state index contributed by atoms with van der Waals surface area (Å²) in [4.78, 5) is 46.8. The molecule has 4 atom stereocenters. The van der Waals surface area contributed by atoms with Gasteiger partial charge >= 0.3 is 0 Å². The number of aliphatic hydroxyl groups is 1. The standard InChI is InChI=1S/C20H25N5O3.CH2O2/c1-23-11-22-18-14(5-6-21-19(18)23)20(28)24-8-12-7-13(9-24)16(10-26)25-15(12)3-2-4-17(25)27;2-1-3/h5-6,11-13,15-16,26H,2-4,7-10H2,1H3;1H,(H,2,3)/t12-,13+,15+,16+;/m1./s1. The number of carboxylic acid groups (broad SMARTS) is 1. The summed E-state index contributed by atoms with van der Waals surface area (Å²) in [5, 5.41) is 16.9. The minimum Gasteiger partial charge on any atom is -0.483 e. The number of likely N-dealkylation sites (tertiary alicyclic amines) is 1. The number of rotatable bonds is 2. The van der Waals surface area contributed by atoms with Crippen LogP contribution in [0.4, 0.5) is 0 Å². The monoisotopic (exact) mass is 429 g/mol. The molecule has 31 heavy (non-hydrogen) atoms. The molecule has 0 radical (unpaired) electrons. The molecule has 5 rings (SSSR count). The Labute approximate surface area is 179 Å². The molecule has 0 spiro atoms. The smallest absolute Gasteiger partial charge is 0.290 e. The van der Waals surface area contributed by atoms with Crippen molar-refractivity contribution in [3.63, 3.8) is 0 Å². The predicted octanol–water partition coefficient (Wildman–Crippen LogP) is 0.503. The number of aromatic nitrogens is 3. The van der Waals surface area contributed by atoms with E-state index in [1.165, 1.54) is 0 Å². The van der Waals surface area contributed by atoms with Crippen LogP contribution in [-0.2, 0) is 16.6 Å². The number of piperidine rings is 3. The van der Waals surface area contributed by atoms with Crippen molar-refractivity contribution in [2.75, 3.05) is 19.7 Å². The van der Waals surface area contributed by atoms with E-state index < -0.39 is 0 Å². The summed E-state index contributed by atoms with van der Waals surface area (Å²) in [5.74, 6) is 0.519. The van der Waals surface area contributed by atoms with Crippen LogP contribution >= 0.6 is 0 Å². The van der Waals surface area contributed by atoms with Crippen LogP contribution in [0.3, 0.4) is 0 Å². The van der Waals surface area contributed by atoms with Crippen molar-refractivity contribution in [2.24, 2.45) is 18.9 Å². The molecular weight excluding hydrogens is 402 g/mol. The number of aryl methyl sites for hydroxylation is 1. The molecule has 10 nitrogen and oxygen atoms in total. The molecule has 2 N–H and O–H groups in total. The number of amides is 2. The van der Waals surface area contributed by atoms with Gasteiger partial charge in [0.2, 0.25) is 5.91 Å². The molecule has 5 heterocycles. The molecule has 10 heteroatoms. The second-order valence-electron chi connectivity index (χ2n) is 8.47. The number of carbonyl (C=O) groups excluding carboxylic acids is 2. The average Bonchev–Trinajstić information content (AvgIpc) is 3.16. The zero-order valence-electron chi connectivity index (χ0n) is 17.4. The Morgan fingerprint density at radius 3 is 2.77 bits per heavy atom. The van der Waals surface area contributed by atoms with Crippen molar-refractivity contribution in [1.82, 2.24) is 24.3 Å². The van der Waals surface area contributed by atoms with E-state index in [0.717, 1.165) is 19.3 Å². The van der Waals surface area contributed by atoms with Gasteiger partial charge in [-0.05, 0) is 37.2 Å². The third-order valence-corrected chi connectivity index (χ3v) is 6.80. The van der Waals surface area contributed by atoms with Gasteiger partial charge in [0, 0.05) is 38.8 Å². The third-order valence-electron chi connectivity index (χ3n) is 6.80. The first kappa shape index (κ1) is 21.2. The second-order valence-corrected chi connectivity index (χ2v) is 8.47. The first-order valence-electron chi connectivity index (χ1n) is 10.5. The van der Waals surface area contributed by atoms with E-state index in [1.54, 1.807) is 18.6 Å². The van der Waals surface area contributed by atoms with Gasteiger partial charge in [-0.1, -0.05) is 0 Å². The van der Waals surface area contributed by atoms with E-state index in [-0.39, 0.29) is 48.8 Å². The van der Waals surface area contributed by atoms with E-state index in [9.17, 15) is 14.7 Å². The van der Waals surface area contributed by atoms with E-state index in [0.29, 0.717) is 36.2 Å². The fourth-order valence-electron chi connectivity index (χ4n) is 5.55. The van der Waals surface area contributed by atoms with Crippen molar-refractivity contribution >= 4 is 29.5 Å². The number of pyridine rings is 1. The van der Waals surface area contributed by atoms with Crippen LogP contribution in [0.15, 0.2) is 18.6 Å². The lowest BCUT2D eigenvalue weighted by atomic mass is 9.72. The molecule has 2 aromatic rings. The average molecular weight is 429 g/mol. The topological polar surface area (TPSA) is 129 Å². The van der Waals surface area contributed by atoms with E-state index in [1.807, 2.05) is 21.4 Å². The van der Waals surface area contributed by atoms with Crippen LogP contribution in [0, 0.1) is 11.8 Å². The lowest BCUT2D eigenvalue weighted by Gasteiger charge is -2.56. The minimum absolute atomic E-state index is 0.0342. The Balaban J connectivity index is 0.000000730. The molecule has 0 unspecified atom stereocenters. The van der Waals surface area contributed by atoms with Crippen LogP contribution in [0.5, 0.6) is 0 Å². The highest BCUT2D eigenvalue weighted by molar-refractivity contribution is 6.04. The van der Waals surface area contributed by atoms with Gasteiger partial charge in [-0.15, -0.1) is 0 Å². The maximum Gasteiger partial charge on any atom is 0.290 e. The van der Waals surface area contributed by atoms with Crippen molar-refractivity contribution in [3.05, 3.63) is 24.2 Å². The van der Waals surface area contributed by atoms with E-state index in [2.05, 4.69) is 9.97 Å². The van der Waals surface area contributed by atoms with Gasteiger partial charge in [0.25, 0.3) is 12.4 Å². The highest BCUT2D eigenvalue weighted by Crippen LogP contribution is 2.41. The Morgan fingerprint density at radius 1 is 1.29 bits per heavy atom. The van der Waals surface area contributed by atoms with Crippen LogP contribution in [0.1, 0.15) is 36.0 Å². The van der Waals surface area contributed by atoms with Gasteiger partial charge in [0.15, 0.2) is 5.65 Å². The van der Waals surface area contributed by atoms with Gasteiger partial charge < -0.3 is 24.6 Å². The number of aliphatic hydroxyl groups excluding tert-OH is 1. The molecule has 3 fully saturated rings. The van der Waals surface area contributed by atoms with Crippen LogP contribution in [0.25, 0.3) is 11.2 Å². The number of fused-ring (bicyclic) bond motifs is 5. The zero-order valence-corrected chi connectivity index (χ0v) is 17.4. The first-order valence-corrected chi connectivity index (χ1v) is 10.5. The second kappa shape index (κ2) is 8.62. The first-order chi connectivity index (χ1) is 15.0. The van der Waals surface area contributed by atoms with Gasteiger partial charge in [-0.3, -0.25) is 14.4 Å². The van der Waals surface area contributed by atoms with Crippen LogP contribution in [0.2, 0.25) is 0 Å². The number of hydrogen-bond donors (Lipinski definition) is 2. The van der Waals surface area contributed by atoms with Gasteiger partial charge in [-0.2, -0.15) is 0 Å². The summed E-state index contributed by atoms with van der Waals surface area (Å²) >= 11 is 0. The number of imidazole rings is 1. The predicted molar refractivity (Wildman–Crippen MR) is 110 cm³/mol. The van der Waals surface area contributed by atoms with Crippen molar-refractivity contribution in [2.45, 2.75) is 37.8 Å². The van der Waals surface area contributed by atoms with Crippen molar-refractivity contribution in [1.29, 1.82) is 0 Å². The summed E-state index contributed by atoms with van der Waals surface area (Å²) in [6, 6.07) is 1.69. The van der Waals surface area contributed by atoms with Gasteiger partial charge in [0.05, 0.1) is 24.5 Å². The molecule has 2 amide bonds. The summed E-state index contributed by atoms with van der Waals surface area (Å²) in [6.07, 6.45) is 6.73. The Kier molecular flexibility index (Phi) is 5.90. The van der Waals surface area contributed by atoms with E-state index in [4.69, 9.17) is 9.90 Å². The molecule has 3 aliphatic rings. The SMILES string of the molecule is Cn1cnc2c(C(=O)N3C[C@H]4C[C@@H](C3)[C@H](CO)N3C(=O)CCC[C@@H]43)ccnc21.O=CO. The molecule has 2 bridgehead atoms. The quantitative estimate of drug-likeness (QED) is 0.665. The highest BCUT2D eigenvalue weighted by Gasteiger charge is 2.49. The van der Waals surface area contributed by atoms with Crippen molar-refractivity contribution in [3.8, 4) is 0 Å². The van der Waals surface area contributed by atoms with E-state index >= 15 is 0 Å². The van der Waals surface area contributed by atoms with Crippen LogP contribution < -0.4 is 0 Å². The Morgan fingerprint density at radius 2 is 2.03 bits per heavy atom. The third kappa shape index (κ3) is 3.65. The van der Waals surface area contributed by atoms with Crippen molar-refractivity contribution < 1.29 is 24.6 Å². The number of carbonyl (C=O) groups is 3. The zero-order chi connectivity index (χ0) is 22.1. The normalized spacial score (nSPS) is 27.4. The lowest BCUT2D eigenvalue weighted by Crippen LogP contribution is -2.66. The molecule has 166 valence electrons. The van der Waals surface area contributed by atoms with Gasteiger partial charge in [-0.25, -0.2) is 9.97 Å². The Bertz CT molecular complexity index is 978. The maximum atomic E-state index is 13.4. The number of nitrogens with zero attached hydrogens (tertiary/aromatic N) is 5. The molecule has 0 aromatic carbocycles. The highest BCUT2D eigenvalue weighted by atomic mass is 16.3. The maximum absolute atomic E-state index is 13.4. The van der Waals surface area contributed by atoms with Gasteiger partial charge in [0.1, 0.15) is 5.52 Å². The Hall–Kier alpha value is -3.01. The lowest BCUT2D eigenvalue weighted by molar-refractivity contribution is -0.154. The molecule has 3 saturated heterocycles. The summed E-state index contributed by atoms with van der Waals surface area (Å²) in [6.45, 7) is 0.924. The number of hydrogen-bond acceptors (Lipinski definition) is 6. The molecule has 0 saturated carbocycles. The molecule has 3 aliphatic heterocycles. The summed E-state index contributed by atoms with van der Waals surface area (Å²) in [7, 11) is 1.86. The summed E-state index contributed by atoms with van der Waals surface area (Å²) < 4.78 is 1.81. The minimum atomic E-state index is -0.250. The van der Waals surface area contributed by atoms with Crippen LogP contribution in [-0.4, -0.2) is 84.6 Å². The molecular formula is C21H27N5O5. The fraction of sp³-hybridized carbons (Fsp3) is 0.571. The summed E-state index contributed by atoms with van der Waals surface area (Å²) in [5.41, 5.74) is 1.89. The molecule has 0 aliphatic carbocycles. The fourth-order valence-corrected chi connectivity index (χ4v) is 5.55.